The van der Waals surface area contributed by atoms with Gasteiger partial charge in [0.2, 0.25) is 0 Å². The molecule has 0 bridgehead atoms. The third kappa shape index (κ3) is 2.47. The lowest BCUT2D eigenvalue weighted by Gasteiger charge is -2.11. The van der Waals surface area contributed by atoms with E-state index < -0.39 is 0 Å². The molecule has 0 aliphatic carbocycles. The number of carbonyl (C=O) groups excluding carboxylic acids is 1. The first-order chi connectivity index (χ1) is 6.11. The first-order valence-corrected chi connectivity index (χ1v) is 4.02. The molecule has 1 N–H and O–H groups in total. The van der Waals surface area contributed by atoms with Crippen LogP contribution >= 0.6 is 0 Å². The molecule has 0 aliphatic rings. The molecule has 0 aliphatic heterocycles. The summed E-state index contributed by atoms with van der Waals surface area (Å²) in [5.74, 6) is 0.843. The van der Waals surface area contributed by atoms with Gasteiger partial charge in [-0.3, -0.25) is 0 Å². The number of hydrogen-bond donors (Lipinski definition) is 1. The Balaban J connectivity index is 2.44. The normalized spacial score (nSPS) is 9.77. The van der Waals surface area contributed by atoms with Gasteiger partial charge in [0.25, 0.3) is 0 Å². The molecular weight excluding hydrogens is 168 g/mol. The van der Waals surface area contributed by atoms with Crippen molar-refractivity contribution in [2.24, 2.45) is 7.05 Å². The third-order valence-electron chi connectivity index (χ3n) is 1.72. The standard InChI is InChI=1S/C8H14N4O/c1-11(2)8(13)10-6-7-9-4-5-12(7)3/h4-5H,6H2,1-3H3,(H,10,13). The van der Waals surface area contributed by atoms with Gasteiger partial charge < -0.3 is 14.8 Å². The summed E-state index contributed by atoms with van der Waals surface area (Å²) in [7, 11) is 5.30. The Morgan fingerprint density at radius 2 is 2.38 bits per heavy atom. The Hall–Kier alpha value is -1.52. The van der Waals surface area contributed by atoms with Crippen LogP contribution in [0.1, 0.15) is 5.82 Å². The molecule has 72 valence electrons. The number of aryl methyl sites for hydroxylation is 1. The second-order valence-electron chi connectivity index (χ2n) is 3.01. The molecule has 0 fully saturated rings. The second-order valence-corrected chi connectivity index (χ2v) is 3.01. The summed E-state index contributed by atoms with van der Waals surface area (Å²) in [6.07, 6.45) is 3.55. The van der Waals surface area contributed by atoms with Crippen LogP contribution in [0.15, 0.2) is 12.4 Å². The van der Waals surface area contributed by atoms with Crippen molar-refractivity contribution in [1.82, 2.24) is 19.8 Å². The maximum Gasteiger partial charge on any atom is 0.317 e. The van der Waals surface area contributed by atoms with Gasteiger partial charge in [-0.15, -0.1) is 0 Å². The van der Waals surface area contributed by atoms with Crippen LogP contribution in [-0.2, 0) is 13.6 Å². The number of imidazole rings is 1. The Morgan fingerprint density at radius 3 is 2.85 bits per heavy atom. The van der Waals surface area contributed by atoms with Gasteiger partial charge in [0.1, 0.15) is 5.82 Å². The van der Waals surface area contributed by atoms with E-state index in [4.69, 9.17) is 0 Å². The molecule has 0 aromatic carbocycles. The van der Waals surface area contributed by atoms with Gasteiger partial charge >= 0.3 is 6.03 Å². The summed E-state index contributed by atoms with van der Waals surface area (Å²) >= 11 is 0. The molecule has 0 saturated carbocycles. The first-order valence-electron chi connectivity index (χ1n) is 4.02. The molecule has 1 aromatic rings. The van der Waals surface area contributed by atoms with Crippen molar-refractivity contribution in [2.45, 2.75) is 6.54 Å². The molecule has 0 saturated heterocycles. The van der Waals surface area contributed by atoms with E-state index in [0.717, 1.165) is 5.82 Å². The van der Waals surface area contributed by atoms with Crippen LogP contribution in [0.4, 0.5) is 4.79 Å². The molecule has 1 aromatic heterocycles. The van der Waals surface area contributed by atoms with Crippen LogP contribution in [0.3, 0.4) is 0 Å². The fourth-order valence-corrected chi connectivity index (χ4v) is 0.880. The number of amides is 2. The van der Waals surface area contributed by atoms with E-state index in [0.29, 0.717) is 6.54 Å². The lowest BCUT2D eigenvalue weighted by molar-refractivity contribution is 0.216. The quantitative estimate of drug-likeness (QED) is 0.710. The number of nitrogens with one attached hydrogen (secondary N) is 1. The fourth-order valence-electron chi connectivity index (χ4n) is 0.880. The summed E-state index contributed by atoms with van der Waals surface area (Å²) in [6.45, 7) is 0.459. The van der Waals surface area contributed by atoms with Crippen LogP contribution in [0, 0.1) is 0 Å². The predicted octanol–water partition coefficient (Wildman–Crippen LogP) is 0.191. The van der Waals surface area contributed by atoms with E-state index in [9.17, 15) is 4.79 Å². The molecule has 0 spiro atoms. The van der Waals surface area contributed by atoms with E-state index in [1.165, 1.54) is 4.90 Å². The summed E-state index contributed by atoms with van der Waals surface area (Å²) in [5, 5.41) is 2.73. The van der Waals surface area contributed by atoms with Gasteiger partial charge in [0.05, 0.1) is 6.54 Å². The third-order valence-corrected chi connectivity index (χ3v) is 1.72. The topological polar surface area (TPSA) is 50.2 Å². The highest BCUT2D eigenvalue weighted by Crippen LogP contribution is 1.93. The number of hydrogen-bond acceptors (Lipinski definition) is 2. The van der Waals surface area contributed by atoms with Crippen molar-refractivity contribution in [3.05, 3.63) is 18.2 Å². The number of carbonyl (C=O) groups is 1. The molecule has 5 heteroatoms. The van der Waals surface area contributed by atoms with Crippen molar-refractivity contribution in [2.75, 3.05) is 14.1 Å². The van der Waals surface area contributed by atoms with Crippen LogP contribution in [0.5, 0.6) is 0 Å². The zero-order chi connectivity index (χ0) is 9.84. The zero-order valence-corrected chi connectivity index (χ0v) is 8.11. The fraction of sp³-hybridized carbons (Fsp3) is 0.500. The van der Waals surface area contributed by atoms with Gasteiger partial charge in [-0.05, 0) is 0 Å². The SMILES string of the molecule is CN(C)C(=O)NCc1nccn1C. The van der Waals surface area contributed by atoms with Crippen molar-refractivity contribution in [3.63, 3.8) is 0 Å². The second kappa shape index (κ2) is 3.93. The van der Waals surface area contributed by atoms with Crippen LogP contribution < -0.4 is 5.32 Å². The molecule has 5 nitrogen and oxygen atoms in total. The highest BCUT2D eigenvalue weighted by molar-refractivity contribution is 5.73. The molecule has 0 radical (unpaired) electrons. The van der Waals surface area contributed by atoms with Crippen molar-refractivity contribution >= 4 is 6.03 Å². The Bertz CT molecular complexity index is 292. The van der Waals surface area contributed by atoms with Crippen molar-refractivity contribution in [1.29, 1.82) is 0 Å². The van der Waals surface area contributed by atoms with Gasteiger partial charge in [0.15, 0.2) is 0 Å². The van der Waals surface area contributed by atoms with E-state index in [-0.39, 0.29) is 6.03 Å². The minimum atomic E-state index is -0.108. The van der Waals surface area contributed by atoms with Crippen LogP contribution in [-0.4, -0.2) is 34.6 Å². The molecule has 13 heavy (non-hydrogen) atoms. The average molecular weight is 182 g/mol. The minimum Gasteiger partial charge on any atom is -0.337 e. The number of urea groups is 1. The lowest BCUT2D eigenvalue weighted by Crippen LogP contribution is -2.34. The minimum absolute atomic E-state index is 0.108. The number of rotatable bonds is 2. The molecule has 1 rings (SSSR count). The molecule has 1 heterocycles. The number of nitrogens with zero attached hydrogens (tertiary/aromatic N) is 3. The van der Waals surface area contributed by atoms with Gasteiger partial charge in [-0.1, -0.05) is 0 Å². The summed E-state index contributed by atoms with van der Waals surface area (Å²) in [5.41, 5.74) is 0. The lowest BCUT2D eigenvalue weighted by atomic mass is 10.6. The zero-order valence-electron chi connectivity index (χ0n) is 8.11. The maximum absolute atomic E-state index is 11.1. The summed E-state index contributed by atoms with van der Waals surface area (Å²) < 4.78 is 1.87. The van der Waals surface area contributed by atoms with Crippen molar-refractivity contribution in [3.8, 4) is 0 Å². The average Bonchev–Trinajstić information content (AvgIpc) is 2.47. The van der Waals surface area contributed by atoms with Crippen LogP contribution in [0.2, 0.25) is 0 Å². The van der Waals surface area contributed by atoms with Crippen LogP contribution in [0.25, 0.3) is 0 Å². The molecule has 0 unspecified atom stereocenters. The van der Waals surface area contributed by atoms with E-state index in [2.05, 4.69) is 10.3 Å². The number of aromatic nitrogens is 2. The first kappa shape index (κ1) is 9.57. The molecule has 0 atom stereocenters. The largest absolute Gasteiger partial charge is 0.337 e. The Kier molecular flexibility index (Phi) is 2.89. The monoisotopic (exact) mass is 182 g/mol. The smallest absolute Gasteiger partial charge is 0.317 e. The summed E-state index contributed by atoms with van der Waals surface area (Å²) in [6, 6.07) is -0.108. The predicted molar refractivity (Wildman–Crippen MR) is 49.1 cm³/mol. The van der Waals surface area contributed by atoms with E-state index >= 15 is 0 Å². The Labute approximate surface area is 77.4 Å². The van der Waals surface area contributed by atoms with Crippen molar-refractivity contribution < 1.29 is 4.79 Å². The van der Waals surface area contributed by atoms with Gasteiger partial charge in [-0.25, -0.2) is 9.78 Å². The van der Waals surface area contributed by atoms with Gasteiger partial charge in [0, 0.05) is 33.5 Å². The summed E-state index contributed by atoms with van der Waals surface area (Å²) in [4.78, 5) is 16.7. The van der Waals surface area contributed by atoms with Gasteiger partial charge in [-0.2, -0.15) is 0 Å². The highest BCUT2D eigenvalue weighted by atomic mass is 16.2. The van der Waals surface area contributed by atoms with E-state index in [1.54, 1.807) is 20.3 Å². The van der Waals surface area contributed by atoms with E-state index in [1.807, 2.05) is 17.8 Å². The molecule has 2 amide bonds. The maximum atomic E-state index is 11.1. The molecular formula is C8H14N4O. The Morgan fingerprint density at radius 1 is 1.69 bits per heavy atom. The highest BCUT2D eigenvalue weighted by Gasteiger charge is 2.04.